The van der Waals surface area contributed by atoms with Crippen molar-refractivity contribution in [2.75, 3.05) is 11.9 Å². The lowest BCUT2D eigenvalue weighted by atomic mass is 9.82. The van der Waals surface area contributed by atoms with Gasteiger partial charge in [-0.25, -0.2) is 13.8 Å². The fourth-order valence-corrected chi connectivity index (χ4v) is 4.51. The van der Waals surface area contributed by atoms with Crippen LogP contribution in [0.2, 0.25) is 10.2 Å². The van der Waals surface area contributed by atoms with Crippen LogP contribution >= 0.6 is 23.2 Å². The molecule has 3 aromatic rings. The standard InChI is InChI=1S/C24H21Cl2F2N3O/c1-14-23(30-21-11-18(28)6-7-20(21)25)19(12-29-24(14)26)22-10-16(8-9-31(22)13-32)15-2-4-17(27)5-3-15/h2-7,11-13,16,22H,8-10H2,1H3,(H,29,30). The third-order valence-electron chi connectivity index (χ3n) is 5.96. The molecule has 2 heterocycles. The second-order valence-electron chi connectivity index (χ2n) is 7.89. The van der Waals surface area contributed by atoms with Gasteiger partial charge in [-0.3, -0.25) is 4.79 Å². The lowest BCUT2D eigenvalue weighted by molar-refractivity contribution is -0.121. The van der Waals surface area contributed by atoms with E-state index in [0.717, 1.165) is 24.0 Å². The summed E-state index contributed by atoms with van der Waals surface area (Å²) in [4.78, 5) is 17.9. The average molecular weight is 476 g/mol. The normalized spacial score (nSPS) is 18.5. The van der Waals surface area contributed by atoms with E-state index in [1.807, 2.05) is 0 Å². The number of anilines is 2. The van der Waals surface area contributed by atoms with Gasteiger partial charge in [0.2, 0.25) is 6.41 Å². The van der Waals surface area contributed by atoms with Gasteiger partial charge < -0.3 is 10.2 Å². The molecule has 8 heteroatoms. The summed E-state index contributed by atoms with van der Waals surface area (Å²) in [5.74, 6) is -0.579. The Hall–Kier alpha value is -2.70. The maximum atomic E-state index is 13.9. The molecule has 1 N–H and O–H groups in total. The highest BCUT2D eigenvalue weighted by Gasteiger charge is 2.32. The van der Waals surface area contributed by atoms with E-state index in [0.29, 0.717) is 40.1 Å². The number of hydrogen-bond donors (Lipinski definition) is 1. The molecule has 1 saturated heterocycles. The Bertz CT molecular complexity index is 1140. The molecule has 2 aromatic carbocycles. The fourth-order valence-electron chi connectivity index (χ4n) is 4.21. The Kier molecular flexibility index (Phi) is 6.63. The summed E-state index contributed by atoms with van der Waals surface area (Å²) in [6, 6.07) is 10.2. The first-order valence-corrected chi connectivity index (χ1v) is 11.0. The zero-order valence-corrected chi connectivity index (χ0v) is 18.8. The Balaban J connectivity index is 1.74. The zero-order chi connectivity index (χ0) is 22.8. The van der Waals surface area contributed by atoms with Crippen molar-refractivity contribution < 1.29 is 13.6 Å². The summed E-state index contributed by atoms with van der Waals surface area (Å²) in [5.41, 5.74) is 3.46. The van der Waals surface area contributed by atoms with Crippen molar-refractivity contribution in [1.82, 2.24) is 9.88 Å². The molecule has 32 heavy (non-hydrogen) atoms. The maximum Gasteiger partial charge on any atom is 0.210 e. The monoisotopic (exact) mass is 475 g/mol. The van der Waals surface area contributed by atoms with Gasteiger partial charge in [-0.15, -0.1) is 0 Å². The Labute approximate surface area is 195 Å². The Morgan fingerprint density at radius 1 is 1.12 bits per heavy atom. The maximum absolute atomic E-state index is 13.9. The number of aromatic nitrogens is 1. The number of amides is 1. The van der Waals surface area contributed by atoms with Crippen LogP contribution in [0.1, 0.15) is 41.5 Å². The quantitative estimate of drug-likeness (QED) is 0.326. The van der Waals surface area contributed by atoms with Gasteiger partial charge in [-0.05, 0) is 61.6 Å². The number of piperidine rings is 1. The number of rotatable bonds is 5. The first-order chi connectivity index (χ1) is 15.4. The molecular formula is C24H21Cl2F2N3O. The van der Waals surface area contributed by atoms with E-state index in [1.165, 1.54) is 30.3 Å². The number of nitrogens with zero attached hydrogens (tertiary/aromatic N) is 2. The van der Waals surface area contributed by atoms with Crippen LogP contribution in [0.5, 0.6) is 0 Å². The van der Waals surface area contributed by atoms with Crippen LogP contribution in [0.15, 0.2) is 48.7 Å². The predicted octanol–water partition coefficient (Wildman–Crippen LogP) is 6.80. The van der Waals surface area contributed by atoms with E-state index in [4.69, 9.17) is 23.2 Å². The highest BCUT2D eigenvalue weighted by atomic mass is 35.5. The molecule has 0 spiro atoms. The number of likely N-dealkylation sites (tertiary alicyclic amines) is 1. The van der Waals surface area contributed by atoms with Gasteiger partial charge in [-0.1, -0.05) is 35.3 Å². The minimum atomic E-state index is -0.431. The average Bonchev–Trinajstić information content (AvgIpc) is 2.79. The van der Waals surface area contributed by atoms with Crippen molar-refractivity contribution in [3.05, 3.63) is 87.2 Å². The summed E-state index contributed by atoms with van der Waals surface area (Å²) in [7, 11) is 0. The molecule has 1 fully saturated rings. The second kappa shape index (κ2) is 9.43. The smallest absolute Gasteiger partial charge is 0.210 e. The Morgan fingerprint density at radius 2 is 1.84 bits per heavy atom. The van der Waals surface area contributed by atoms with Crippen LogP contribution in [0.25, 0.3) is 0 Å². The van der Waals surface area contributed by atoms with E-state index in [1.54, 1.807) is 30.2 Å². The number of carbonyl (C=O) groups excluding carboxylic acids is 1. The van der Waals surface area contributed by atoms with Gasteiger partial charge in [-0.2, -0.15) is 0 Å². The van der Waals surface area contributed by atoms with Crippen molar-refractivity contribution in [2.45, 2.75) is 31.7 Å². The van der Waals surface area contributed by atoms with Crippen LogP contribution in [-0.4, -0.2) is 22.8 Å². The van der Waals surface area contributed by atoms with E-state index < -0.39 is 5.82 Å². The molecule has 1 aliphatic heterocycles. The largest absolute Gasteiger partial charge is 0.354 e. The summed E-state index contributed by atoms with van der Waals surface area (Å²) in [6.07, 6.45) is 3.85. The van der Waals surface area contributed by atoms with Gasteiger partial charge >= 0.3 is 0 Å². The van der Waals surface area contributed by atoms with Crippen molar-refractivity contribution in [3.8, 4) is 0 Å². The van der Waals surface area contributed by atoms with Gasteiger partial charge in [0.15, 0.2) is 0 Å². The molecule has 4 nitrogen and oxygen atoms in total. The van der Waals surface area contributed by atoms with E-state index in [-0.39, 0.29) is 17.8 Å². The van der Waals surface area contributed by atoms with Crippen molar-refractivity contribution in [1.29, 1.82) is 0 Å². The van der Waals surface area contributed by atoms with Crippen LogP contribution in [0.3, 0.4) is 0 Å². The van der Waals surface area contributed by atoms with Gasteiger partial charge in [0, 0.05) is 23.9 Å². The molecule has 1 aliphatic rings. The van der Waals surface area contributed by atoms with Crippen molar-refractivity contribution >= 4 is 41.0 Å². The highest BCUT2D eigenvalue weighted by Crippen LogP contribution is 2.43. The molecule has 4 rings (SSSR count). The number of pyridine rings is 1. The van der Waals surface area contributed by atoms with E-state index in [2.05, 4.69) is 10.3 Å². The number of hydrogen-bond acceptors (Lipinski definition) is 3. The van der Waals surface area contributed by atoms with E-state index >= 15 is 0 Å². The van der Waals surface area contributed by atoms with Crippen LogP contribution in [-0.2, 0) is 4.79 Å². The molecule has 1 aromatic heterocycles. The first kappa shape index (κ1) is 22.5. The molecule has 2 atom stereocenters. The van der Waals surface area contributed by atoms with Crippen molar-refractivity contribution in [2.24, 2.45) is 0 Å². The fraction of sp³-hybridized carbons (Fsp3) is 0.250. The summed E-state index contributed by atoms with van der Waals surface area (Å²) in [6.45, 7) is 2.35. The van der Waals surface area contributed by atoms with Gasteiger partial charge in [0.05, 0.1) is 22.4 Å². The molecule has 0 aliphatic carbocycles. The summed E-state index contributed by atoms with van der Waals surface area (Å²) >= 11 is 12.6. The van der Waals surface area contributed by atoms with Crippen LogP contribution in [0, 0.1) is 18.6 Å². The Morgan fingerprint density at radius 3 is 2.56 bits per heavy atom. The third-order valence-corrected chi connectivity index (χ3v) is 6.67. The number of benzene rings is 2. The number of nitrogens with one attached hydrogen (secondary N) is 1. The molecular weight excluding hydrogens is 455 g/mol. The molecule has 1 amide bonds. The summed E-state index contributed by atoms with van der Waals surface area (Å²) in [5, 5.41) is 3.86. The highest BCUT2D eigenvalue weighted by molar-refractivity contribution is 6.33. The topological polar surface area (TPSA) is 45.2 Å². The number of halogens is 4. The first-order valence-electron chi connectivity index (χ1n) is 10.2. The predicted molar refractivity (Wildman–Crippen MR) is 123 cm³/mol. The zero-order valence-electron chi connectivity index (χ0n) is 17.3. The van der Waals surface area contributed by atoms with E-state index in [9.17, 15) is 13.6 Å². The van der Waals surface area contributed by atoms with Crippen LogP contribution < -0.4 is 5.32 Å². The molecule has 0 radical (unpaired) electrons. The lowest BCUT2D eigenvalue weighted by Gasteiger charge is -2.38. The second-order valence-corrected chi connectivity index (χ2v) is 8.65. The molecule has 0 saturated carbocycles. The number of carbonyl (C=O) groups is 1. The molecule has 166 valence electrons. The van der Waals surface area contributed by atoms with Crippen molar-refractivity contribution in [3.63, 3.8) is 0 Å². The lowest BCUT2D eigenvalue weighted by Crippen LogP contribution is -2.35. The minimum absolute atomic E-state index is 0.137. The molecule has 2 unspecified atom stereocenters. The minimum Gasteiger partial charge on any atom is -0.354 e. The molecule has 0 bridgehead atoms. The van der Waals surface area contributed by atoms with Gasteiger partial charge in [0.1, 0.15) is 16.8 Å². The summed E-state index contributed by atoms with van der Waals surface area (Å²) < 4.78 is 27.2. The van der Waals surface area contributed by atoms with Crippen LogP contribution in [0.4, 0.5) is 20.2 Å². The van der Waals surface area contributed by atoms with Gasteiger partial charge in [0.25, 0.3) is 0 Å². The SMILES string of the molecule is Cc1c(Cl)ncc(C2CC(c3ccc(F)cc3)CCN2C=O)c1Nc1cc(F)ccc1Cl. The third kappa shape index (κ3) is 4.57.